The Morgan fingerprint density at radius 3 is 1.52 bits per heavy atom. The van der Waals surface area contributed by atoms with Gasteiger partial charge in [0.25, 0.3) is 0 Å². The third-order valence-electron chi connectivity index (χ3n) is 9.16. The Morgan fingerprint density at radius 2 is 1.02 bits per heavy atom. The van der Waals surface area contributed by atoms with Crippen molar-refractivity contribution in [3.05, 3.63) is 137 Å². The number of pyridine rings is 1. The Labute approximate surface area is 281 Å². The maximum atomic E-state index is 13.9. The smallest absolute Gasteiger partial charge is 0.309 e. The minimum absolute atomic E-state index is 0.00217. The highest BCUT2D eigenvalue weighted by atomic mass is 19.4. The van der Waals surface area contributed by atoms with Gasteiger partial charge in [0.1, 0.15) is 0 Å². The number of fused-ring (bicyclic) bond motifs is 6. The molecule has 10 heteroatoms. The number of hydrogen-bond acceptors (Lipinski definition) is 2. The summed E-state index contributed by atoms with van der Waals surface area (Å²) in [5.74, 6) is 0. The second-order valence-corrected chi connectivity index (χ2v) is 12.4. The molecule has 0 spiro atoms. The topological polar surface area (TPSA) is 46.5 Å². The molecule has 0 aliphatic heterocycles. The molecule has 50 heavy (non-hydrogen) atoms. The van der Waals surface area contributed by atoms with Crippen molar-refractivity contribution in [3.8, 4) is 28.7 Å². The van der Waals surface area contributed by atoms with Gasteiger partial charge >= 0.3 is 12.4 Å². The zero-order chi connectivity index (χ0) is 35.1. The lowest BCUT2D eigenvalue weighted by Gasteiger charge is -2.18. The van der Waals surface area contributed by atoms with Gasteiger partial charge in [0.2, 0.25) is 0 Å². The summed E-state index contributed by atoms with van der Waals surface area (Å²) < 4.78 is 87.1. The molecule has 8 rings (SSSR count). The lowest BCUT2D eigenvalue weighted by Crippen LogP contribution is -2.06. The van der Waals surface area contributed by atoms with E-state index < -0.39 is 23.5 Å². The number of nitrogens with zero attached hydrogens (tertiary/aromatic N) is 4. The van der Waals surface area contributed by atoms with E-state index in [4.69, 9.17) is 4.98 Å². The minimum Gasteiger partial charge on any atom is -0.309 e. The number of aryl methyl sites for hydroxylation is 2. The second kappa shape index (κ2) is 11.0. The minimum atomic E-state index is -4.72. The van der Waals surface area contributed by atoms with Crippen molar-refractivity contribution >= 4 is 43.6 Å². The first kappa shape index (κ1) is 31.2. The molecule has 8 aromatic rings. The lowest BCUT2D eigenvalue weighted by molar-refractivity contribution is -0.138. The summed E-state index contributed by atoms with van der Waals surface area (Å²) in [6, 6.07) is 29.3. The Balaban J connectivity index is 1.48. The first-order valence-electron chi connectivity index (χ1n) is 15.6. The normalized spacial score (nSPS) is 12.4. The van der Waals surface area contributed by atoms with Gasteiger partial charge < -0.3 is 9.13 Å². The van der Waals surface area contributed by atoms with E-state index >= 15 is 0 Å². The molecule has 0 saturated carbocycles. The van der Waals surface area contributed by atoms with E-state index in [0.29, 0.717) is 22.6 Å². The van der Waals surface area contributed by atoms with Gasteiger partial charge in [-0.3, -0.25) is 4.98 Å². The van der Waals surface area contributed by atoms with Crippen LogP contribution >= 0.6 is 0 Å². The van der Waals surface area contributed by atoms with Gasteiger partial charge in [0.15, 0.2) is 0 Å². The third kappa shape index (κ3) is 4.80. The van der Waals surface area contributed by atoms with Gasteiger partial charge in [0, 0.05) is 33.3 Å². The molecular weight excluding hydrogens is 650 g/mol. The van der Waals surface area contributed by atoms with Crippen LogP contribution in [0.1, 0.15) is 27.8 Å². The van der Waals surface area contributed by atoms with Gasteiger partial charge in [-0.25, -0.2) is 0 Å². The number of aromatic nitrogens is 3. The van der Waals surface area contributed by atoms with Crippen LogP contribution in [0, 0.1) is 25.2 Å². The number of halogens is 6. The summed E-state index contributed by atoms with van der Waals surface area (Å²) in [6.45, 7) is 4.03. The fourth-order valence-electron chi connectivity index (χ4n) is 6.98. The Bertz CT molecular complexity index is 2590. The quantitative estimate of drug-likeness (QED) is 0.175. The molecule has 0 bridgehead atoms. The highest BCUT2D eigenvalue weighted by Crippen LogP contribution is 2.43. The predicted molar refractivity (Wildman–Crippen MR) is 183 cm³/mol. The molecule has 0 radical (unpaired) electrons. The molecular formula is C40H24F6N4. The molecule has 0 aliphatic carbocycles. The van der Waals surface area contributed by atoms with Gasteiger partial charge in [-0.05, 0) is 98.8 Å². The summed E-state index contributed by atoms with van der Waals surface area (Å²) in [5, 5.41) is 12.5. The molecule has 3 aromatic heterocycles. The van der Waals surface area contributed by atoms with Crippen molar-refractivity contribution < 1.29 is 26.3 Å². The summed E-state index contributed by atoms with van der Waals surface area (Å²) in [4.78, 5) is 4.75. The summed E-state index contributed by atoms with van der Waals surface area (Å²) in [5.41, 5.74) is 4.55. The van der Waals surface area contributed by atoms with Crippen molar-refractivity contribution in [1.29, 1.82) is 5.26 Å². The van der Waals surface area contributed by atoms with E-state index in [1.54, 1.807) is 35.0 Å². The van der Waals surface area contributed by atoms with Gasteiger partial charge in [-0.2, -0.15) is 31.6 Å². The van der Waals surface area contributed by atoms with E-state index in [1.807, 2.05) is 44.2 Å². The Hall–Kier alpha value is -6.08. The molecule has 5 aromatic carbocycles. The standard InChI is InChI=1S/C40H24F6N4/c1-22-8-12-31-27(17-22)28-18-23(2)9-13-32(28)49(31)35-6-3-5-24(21-47)37(35)38-36(7-4-16-48-38)50-33-14-10-25(39(41,42)43)19-29(33)30-20-26(40(44,45)46)11-15-34(30)50/h3-20H,1-2H3. The average Bonchev–Trinajstić information content (AvgIpc) is 3.58. The summed E-state index contributed by atoms with van der Waals surface area (Å²) in [6.07, 6.45) is -7.89. The van der Waals surface area contributed by atoms with Crippen molar-refractivity contribution in [2.75, 3.05) is 0 Å². The molecule has 0 unspecified atom stereocenters. The van der Waals surface area contributed by atoms with Crippen molar-refractivity contribution in [3.63, 3.8) is 0 Å². The number of hydrogen-bond donors (Lipinski definition) is 0. The van der Waals surface area contributed by atoms with E-state index in [9.17, 15) is 31.6 Å². The van der Waals surface area contributed by atoms with E-state index in [0.717, 1.165) is 57.2 Å². The zero-order valence-electron chi connectivity index (χ0n) is 26.4. The third-order valence-corrected chi connectivity index (χ3v) is 9.16. The molecule has 0 fully saturated rings. The number of alkyl halides is 6. The van der Waals surface area contributed by atoms with Crippen LogP contribution in [0.2, 0.25) is 0 Å². The maximum absolute atomic E-state index is 13.9. The number of benzene rings is 5. The molecule has 0 N–H and O–H groups in total. The van der Waals surface area contributed by atoms with E-state index in [2.05, 4.69) is 22.8 Å². The number of rotatable bonds is 3. The average molecular weight is 675 g/mol. The van der Waals surface area contributed by atoms with Crippen LogP contribution in [0.15, 0.2) is 109 Å². The largest absolute Gasteiger partial charge is 0.416 e. The monoisotopic (exact) mass is 674 g/mol. The Morgan fingerprint density at radius 1 is 0.560 bits per heavy atom. The van der Waals surface area contributed by atoms with Crippen molar-refractivity contribution in [2.24, 2.45) is 0 Å². The molecule has 0 atom stereocenters. The van der Waals surface area contributed by atoms with E-state index in [1.165, 1.54) is 12.1 Å². The van der Waals surface area contributed by atoms with E-state index in [-0.39, 0.29) is 27.4 Å². The van der Waals surface area contributed by atoms with Crippen LogP contribution in [-0.2, 0) is 12.4 Å². The van der Waals surface area contributed by atoms with Crippen LogP contribution in [0.5, 0.6) is 0 Å². The molecule has 0 aliphatic rings. The predicted octanol–water partition coefficient (Wildman–Crippen LogP) is 11.5. The Kier molecular flexibility index (Phi) is 6.85. The van der Waals surface area contributed by atoms with Crippen LogP contribution in [0.4, 0.5) is 26.3 Å². The molecule has 4 nitrogen and oxygen atoms in total. The first-order valence-corrected chi connectivity index (χ1v) is 15.6. The fourth-order valence-corrected chi connectivity index (χ4v) is 6.98. The van der Waals surface area contributed by atoms with Crippen molar-refractivity contribution in [2.45, 2.75) is 26.2 Å². The highest BCUT2D eigenvalue weighted by molar-refractivity contribution is 6.12. The zero-order valence-corrected chi connectivity index (χ0v) is 26.4. The molecule has 0 saturated heterocycles. The lowest BCUT2D eigenvalue weighted by atomic mass is 10.00. The fraction of sp³-hybridized carbons (Fsp3) is 0.100. The molecule has 0 amide bonds. The van der Waals surface area contributed by atoms with Gasteiger partial charge in [-0.1, -0.05) is 29.3 Å². The first-order chi connectivity index (χ1) is 23.8. The van der Waals surface area contributed by atoms with Crippen LogP contribution in [0.3, 0.4) is 0 Å². The van der Waals surface area contributed by atoms with Crippen LogP contribution in [-0.4, -0.2) is 14.1 Å². The number of nitriles is 1. The maximum Gasteiger partial charge on any atom is 0.416 e. The second-order valence-electron chi connectivity index (χ2n) is 12.4. The molecule has 246 valence electrons. The van der Waals surface area contributed by atoms with Crippen molar-refractivity contribution in [1.82, 2.24) is 14.1 Å². The summed E-state index contributed by atoms with van der Waals surface area (Å²) >= 11 is 0. The van der Waals surface area contributed by atoms with Gasteiger partial charge in [-0.15, -0.1) is 0 Å². The highest BCUT2D eigenvalue weighted by Gasteiger charge is 2.34. The SMILES string of the molecule is Cc1ccc2c(c1)c1cc(C)ccc1n2-c1cccc(C#N)c1-c1ncccc1-n1c2ccc(C(F)(F)F)cc2c2cc(C(F)(F)F)ccc21. The van der Waals surface area contributed by atoms with Crippen LogP contribution in [0.25, 0.3) is 66.2 Å². The summed E-state index contributed by atoms with van der Waals surface area (Å²) in [7, 11) is 0. The van der Waals surface area contributed by atoms with Crippen LogP contribution < -0.4 is 0 Å². The molecule has 3 heterocycles. The van der Waals surface area contributed by atoms with Gasteiger partial charge in [0.05, 0.1) is 61.9 Å².